The van der Waals surface area contributed by atoms with Crippen LogP contribution in [0.2, 0.25) is 0 Å². The zero-order valence-corrected chi connectivity index (χ0v) is 15.7. The third-order valence-corrected chi connectivity index (χ3v) is 5.26. The Hall–Kier alpha value is -2.19. The second-order valence-electron chi connectivity index (χ2n) is 5.74. The van der Waals surface area contributed by atoms with Crippen LogP contribution in [-0.4, -0.2) is 30.8 Å². The molecule has 3 amide bonds. The molecule has 1 atom stereocenters. The molecule has 2 heterocycles. The molecule has 0 fully saturated rings. The van der Waals surface area contributed by atoms with Crippen molar-refractivity contribution >= 4 is 40.4 Å². The Labute approximate surface area is 154 Å². The minimum Gasteiger partial charge on any atom is -0.347 e. The molecule has 2 aromatic heterocycles. The van der Waals surface area contributed by atoms with E-state index in [1.54, 1.807) is 28.8 Å². The Bertz CT molecular complexity index is 697. The van der Waals surface area contributed by atoms with E-state index in [1.807, 2.05) is 31.4 Å². The van der Waals surface area contributed by atoms with Crippen LogP contribution < -0.4 is 16.0 Å². The second-order valence-corrected chi connectivity index (χ2v) is 7.67. The summed E-state index contributed by atoms with van der Waals surface area (Å²) < 4.78 is 0. The smallest absolute Gasteiger partial charge is 0.261 e. The first-order valence-corrected chi connectivity index (χ1v) is 9.64. The van der Waals surface area contributed by atoms with Crippen molar-refractivity contribution in [3.63, 3.8) is 0 Å². The number of hydrogen-bond acceptors (Lipinski definition) is 5. The van der Waals surface area contributed by atoms with E-state index in [9.17, 15) is 14.4 Å². The van der Waals surface area contributed by atoms with Gasteiger partial charge in [-0.2, -0.15) is 0 Å². The summed E-state index contributed by atoms with van der Waals surface area (Å²) in [6.07, 6.45) is 0. The number of nitrogens with one attached hydrogen (secondary N) is 3. The fraction of sp³-hybridized carbons (Fsp3) is 0.353. The molecule has 0 aliphatic rings. The van der Waals surface area contributed by atoms with Crippen LogP contribution in [0.25, 0.3) is 0 Å². The zero-order valence-electron chi connectivity index (χ0n) is 14.1. The monoisotopic (exact) mass is 379 g/mol. The summed E-state index contributed by atoms with van der Waals surface area (Å²) in [7, 11) is 0. The maximum atomic E-state index is 12.1. The first-order valence-electron chi connectivity index (χ1n) is 7.88. The molecule has 0 unspecified atom stereocenters. The van der Waals surface area contributed by atoms with E-state index in [1.165, 1.54) is 11.3 Å². The molecule has 0 aromatic carbocycles. The van der Waals surface area contributed by atoms with Crippen molar-refractivity contribution in [1.29, 1.82) is 0 Å². The average molecular weight is 380 g/mol. The molecule has 0 radical (unpaired) electrons. The minimum absolute atomic E-state index is 0.0806. The summed E-state index contributed by atoms with van der Waals surface area (Å²) in [5, 5.41) is 11.7. The Morgan fingerprint density at radius 1 is 0.960 bits per heavy atom. The SMILES string of the molecule is CC(C)[C@H](NC(=O)CNC(=O)CNC(=O)c1cccs1)c1cccs1. The van der Waals surface area contributed by atoms with Gasteiger partial charge in [0.1, 0.15) is 0 Å². The highest BCUT2D eigenvalue weighted by Gasteiger charge is 2.19. The first-order chi connectivity index (χ1) is 12.0. The third kappa shape index (κ3) is 5.99. The topological polar surface area (TPSA) is 87.3 Å². The van der Waals surface area contributed by atoms with Gasteiger partial charge in [-0.15, -0.1) is 22.7 Å². The zero-order chi connectivity index (χ0) is 18.2. The van der Waals surface area contributed by atoms with Gasteiger partial charge in [-0.05, 0) is 28.8 Å². The summed E-state index contributed by atoms with van der Waals surface area (Å²) in [5.41, 5.74) is 0. The van der Waals surface area contributed by atoms with Crippen molar-refractivity contribution < 1.29 is 14.4 Å². The molecule has 0 aliphatic carbocycles. The quantitative estimate of drug-likeness (QED) is 0.657. The molecule has 0 saturated heterocycles. The van der Waals surface area contributed by atoms with E-state index in [-0.39, 0.29) is 36.9 Å². The highest BCUT2D eigenvalue weighted by molar-refractivity contribution is 7.12. The van der Waals surface area contributed by atoms with Crippen LogP contribution in [0.1, 0.15) is 34.4 Å². The van der Waals surface area contributed by atoms with Crippen molar-refractivity contribution in [2.75, 3.05) is 13.1 Å². The number of rotatable bonds is 8. The van der Waals surface area contributed by atoms with Gasteiger partial charge in [0, 0.05) is 4.88 Å². The predicted octanol–water partition coefficient (Wildman–Crippen LogP) is 2.17. The van der Waals surface area contributed by atoms with Gasteiger partial charge in [0.05, 0.1) is 24.0 Å². The summed E-state index contributed by atoms with van der Waals surface area (Å²) in [5.74, 6) is -0.724. The first kappa shape index (κ1) is 19.1. The summed E-state index contributed by atoms with van der Waals surface area (Å²) in [4.78, 5) is 37.2. The maximum absolute atomic E-state index is 12.1. The number of thiophene rings is 2. The molecule has 0 bridgehead atoms. The molecular formula is C17H21N3O3S2. The van der Waals surface area contributed by atoms with Crippen LogP contribution in [0.15, 0.2) is 35.0 Å². The fourth-order valence-corrected chi connectivity index (χ4v) is 3.75. The van der Waals surface area contributed by atoms with Crippen LogP contribution >= 0.6 is 22.7 Å². The molecule has 0 aliphatic heterocycles. The van der Waals surface area contributed by atoms with E-state index in [0.29, 0.717) is 4.88 Å². The van der Waals surface area contributed by atoms with Gasteiger partial charge in [-0.25, -0.2) is 0 Å². The second kappa shape index (κ2) is 9.33. The van der Waals surface area contributed by atoms with Gasteiger partial charge in [0.25, 0.3) is 5.91 Å². The average Bonchev–Trinajstić information content (AvgIpc) is 3.28. The maximum Gasteiger partial charge on any atom is 0.261 e. The molecule has 0 saturated carbocycles. The van der Waals surface area contributed by atoms with Crippen molar-refractivity contribution in [2.24, 2.45) is 5.92 Å². The van der Waals surface area contributed by atoms with Gasteiger partial charge < -0.3 is 16.0 Å². The van der Waals surface area contributed by atoms with E-state index >= 15 is 0 Å². The minimum atomic E-state index is -0.405. The van der Waals surface area contributed by atoms with Gasteiger partial charge in [-0.1, -0.05) is 26.0 Å². The summed E-state index contributed by atoms with van der Waals surface area (Å²) in [6, 6.07) is 7.29. The highest BCUT2D eigenvalue weighted by atomic mass is 32.1. The molecule has 2 rings (SSSR count). The van der Waals surface area contributed by atoms with Crippen LogP contribution in [0, 0.1) is 5.92 Å². The largest absolute Gasteiger partial charge is 0.347 e. The van der Waals surface area contributed by atoms with Crippen molar-refractivity contribution in [3.05, 3.63) is 44.8 Å². The molecular weight excluding hydrogens is 358 g/mol. The Kier molecular flexibility index (Phi) is 7.15. The Morgan fingerprint density at radius 2 is 1.64 bits per heavy atom. The van der Waals surface area contributed by atoms with E-state index in [0.717, 1.165) is 4.88 Å². The van der Waals surface area contributed by atoms with Gasteiger partial charge in [0.2, 0.25) is 11.8 Å². The van der Waals surface area contributed by atoms with Crippen LogP contribution in [0.4, 0.5) is 0 Å². The van der Waals surface area contributed by atoms with Crippen LogP contribution in [-0.2, 0) is 9.59 Å². The van der Waals surface area contributed by atoms with Crippen molar-refractivity contribution in [2.45, 2.75) is 19.9 Å². The van der Waals surface area contributed by atoms with Gasteiger partial charge in [0.15, 0.2) is 0 Å². The predicted molar refractivity (Wildman–Crippen MR) is 99.7 cm³/mol. The van der Waals surface area contributed by atoms with E-state index in [2.05, 4.69) is 16.0 Å². The lowest BCUT2D eigenvalue weighted by Gasteiger charge is -2.21. The van der Waals surface area contributed by atoms with Crippen molar-refractivity contribution in [3.8, 4) is 0 Å². The highest BCUT2D eigenvalue weighted by Crippen LogP contribution is 2.25. The normalized spacial score (nSPS) is 11.8. The summed E-state index contributed by atoms with van der Waals surface area (Å²) >= 11 is 2.89. The number of carbonyl (C=O) groups excluding carboxylic acids is 3. The van der Waals surface area contributed by atoms with E-state index in [4.69, 9.17) is 0 Å². The van der Waals surface area contributed by atoms with Crippen LogP contribution in [0.5, 0.6) is 0 Å². The molecule has 6 nitrogen and oxygen atoms in total. The molecule has 134 valence electrons. The molecule has 2 aromatic rings. The molecule has 8 heteroatoms. The third-order valence-electron chi connectivity index (χ3n) is 3.43. The Balaban J connectivity index is 1.73. The fourth-order valence-electron chi connectivity index (χ4n) is 2.16. The van der Waals surface area contributed by atoms with Crippen molar-refractivity contribution in [1.82, 2.24) is 16.0 Å². The number of carbonyl (C=O) groups is 3. The standard InChI is InChI=1S/C17H21N3O3S2/c1-11(2)16(12-5-3-7-24-12)20-15(22)10-18-14(21)9-19-17(23)13-6-4-8-25-13/h3-8,11,16H,9-10H2,1-2H3,(H,18,21)(H,19,23)(H,20,22)/t16-/m0/s1. The summed E-state index contributed by atoms with van der Waals surface area (Å²) in [6.45, 7) is 3.78. The van der Waals surface area contributed by atoms with Gasteiger partial charge >= 0.3 is 0 Å². The lowest BCUT2D eigenvalue weighted by molar-refractivity contribution is -0.126. The lowest BCUT2D eigenvalue weighted by Crippen LogP contribution is -2.43. The molecule has 3 N–H and O–H groups in total. The van der Waals surface area contributed by atoms with E-state index < -0.39 is 5.91 Å². The van der Waals surface area contributed by atoms with Gasteiger partial charge in [-0.3, -0.25) is 14.4 Å². The molecule has 25 heavy (non-hydrogen) atoms. The lowest BCUT2D eigenvalue weighted by atomic mass is 10.0. The Morgan fingerprint density at radius 3 is 2.24 bits per heavy atom. The number of amides is 3. The number of hydrogen-bond donors (Lipinski definition) is 3. The van der Waals surface area contributed by atoms with Crippen LogP contribution in [0.3, 0.4) is 0 Å². The molecule has 0 spiro atoms.